The van der Waals surface area contributed by atoms with Crippen molar-refractivity contribution in [3.8, 4) is 0 Å². The van der Waals surface area contributed by atoms with Crippen LogP contribution in [0.3, 0.4) is 0 Å². The summed E-state index contributed by atoms with van der Waals surface area (Å²) < 4.78 is 0. The van der Waals surface area contributed by atoms with Gasteiger partial charge in [-0.3, -0.25) is 5.41 Å². The van der Waals surface area contributed by atoms with E-state index in [-0.39, 0.29) is 5.84 Å². The standard InChI is InChI=1S/C16H17N3S/c1-10-5-7-12(8-6-10)20-16-13(15(17)18)9-11-3-2-4-14(11)19-16/h5-9H,2-4H2,1H3,(H3,17,18). The van der Waals surface area contributed by atoms with Gasteiger partial charge < -0.3 is 5.73 Å². The van der Waals surface area contributed by atoms with Gasteiger partial charge in [0, 0.05) is 16.2 Å². The Morgan fingerprint density at radius 1 is 1.25 bits per heavy atom. The highest BCUT2D eigenvalue weighted by Gasteiger charge is 2.18. The second-order valence-corrected chi connectivity index (χ2v) is 6.19. The van der Waals surface area contributed by atoms with E-state index >= 15 is 0 Å². The zero-order valence-corrected chi connectivity index (χ0v) is 12.3. The SMILES string of the molecule is Cc1ccc(Sc2nc3c(cc2C(=N)N)CCC3)cc1. The van der Waals surface area contributed by atoms with E-state index in [1.807, 2.05) is 6.07 Å². The average molecular weight is 283 g/mol. The van der Waals surface area contributed by atoms with Crippen molar-refractivity contribution < 1.29 is 0 Å². The monoisotopic (exact) mass is 283 g/mol. The molecule has 3 nitrogen and oxygen atoms in total. The van der Waals surface area contributed by atoms with Crippen LogP contribution in [0.25, 0.3) is 0 Å². The van der Waals surface area contributed by atoms with Gasteiger partial charge in [0.2, 0.25) is 0 Å². The first kappa shape index (κ1) is 13.2. The Morgan fingerprint density at radius 3 is 2.70 bits per heavy atom. The maximum Gasteiger partial charge on any atom is 0.125 e. The summed E-state index contributed by atoms with van der Waals surface area (Å²) in [7, 11) is 0. The van der Waals surface area contributed by atoms with Crippen LogP contribution >= 0.6 is 11.8 Å². The van der Waals surface area contributed by atoms with Gasteiger partial charge in [-0.2, -0.15) is 0 Å². The Hall–Kier alpha value is -1.81. The van der Waals surface area contributed by atoms with Crippen molar-refractivity contribution in [3.05, 3.63) is 52.7 Å². The highest BCUT2D eigenvalue weighted by atomic mass is 32.2. The topological polar surface area (TPSA) is 62.8 Å². The summed E-state index contributed by atoms with van der Waals surface area (Å²) >= 11 is 1.59. The molecule has 0 fully saturated rings. The van der Waals surface area contributed by atoms with Crippen LogP contribution in [0.4, 0.5) is 0 Å². The van der Waals surface area contributed by atoms with Crippen molar-refractivity contribution in [2.75, 3.05) is 0 Å². The first-order chi connectivity index (χ1) is 9.63. The summed E-state index contributed by atoms with van der Waals surface area (Å²) in [5.74, 6) is 0.0989. The number of fused-ring (bicyclic) bond motifs is 1. The van der Waals surface area contributed by atoms with E-state index < -0.39 is 0 Å². The van der Waals surface area contributed by atoms with Crippen molar-refractivity contribution in [1.29, 1.82) is 5.41 Å². The van der Waals surface area contributed by atoms with E-state index in [0.717, 1.165) is 34.7 Å². The van der Waals surface area contributed by atoms with Gasteiger partial charge in [0.05, 0.1) is 0 Å². The second-order valence-electron chi connectivity index (χ2n) is 5.13. The molecular weight excluding hydrogens is 266 g/mol. The number of pyridine rings is 1. The van der Waals surface area contributed by atoms with Gasteiger partial charge in [0.25, 0.3) is 0 Å². The van der Waals surface area contributed by atoms with Crippen molar-refractivity contribution in [3.63, 3.8) is 0 Å². The molecule has 0 spiro atoms. The Labute approximate surface area is 123 Å². The van der Waals surface area contributed by atoms with E-state index in [0.29, 0.717) is 0 Å². The molecule has 1 aromatic carbocycles. The third kappa shape index (κ3) is 2.56. The summed E-state index contributed by atoms with van der Waals surface area (Å²) in [5, 5.41) is 8.61. The van der Waals surface area contributed by atoms with Gasteiger partial charge in [0.15, 0.2) is 0 Å². The Bertz CT molecular complexity index is 662. The van der Waals surface area contributed by atoms with Crippen LogP contribution in [0.1, 0.15) is 28.8 Å². The second kappa shape index (κ2) is 5.29. The Kier molecular flexibility index (Phi) is 3.49. The number of aromatic nitrogens is 1. The fourth-order valence-corrected chi connectivity index (χ4v) is 3.37. The number of hydrogen-bond donors (Lipinski definition) is 2. The number of rotatable bonds is 3. The highest BCUT2D eigenvalue weighted by Crippen LogP contribution is 2.32. The maximum atomic E-state index is 7.76. The van der Waals surface area contributed by atoms with Gasteiger partial charge in [-0.15, -0.1) is 0 Å². The van der Waals surface area contributed by atoms with Crippen molar-refractivity contribution >= 4 is 17.6 Å². The van der Waals surface area contributed by atoms with Crippen LogP contribution in [-0.4, -0.2) is 10.8 Å². The normalized spacial score (nSPS) is 13.2. The number of nitrogens with two attached hydrogens (primary N) is 1. The first-order valence-corrected chi connectivity index (χ1v) is 7.57. The number of nitrogens with zero attached hydrogens (tertiary/aromatic N) is 1. The van der Waals surface area contributed by atoms with Gasteiger partial charge in [0.1, 0.15) is 10.9 Å². The van der Waals surface area contributed by atoms with E-state index in [9.17, 15) is 0 Å². The van der Waals surface area contributed by atoms with Crippen LogP contribution in [0, 0.1) is 12.3 Å². The number of benzene rings is 1. The highest BCUT2D eigenvalue weighted by molar-refractivity contribution is 7.99. The molecule has 0 aliphatic heterocycles. The molecule has 0 atom stereocenters. The predicted molar refractivity (Wildman–Crippen MR) is 82.6 cm³/mol. The number of nitrogen functional groups attached to an aromatic ring is 1. The molecule has 0 saturated carbocycles. The molecule has 2 aromatic rings. The minimum Gasteiger partial charge on any atom is -0.384 e. The molecule has 1 heterocycles. The lowest BCUT2D eigenvalue weighted by Crippen LogP contribution is -2.14. The summed E-state index contributed by atoms with van der Waals surface area (Å²) in [6.45, 7) is 2.07. The van der Waals surface area contributed by atoms with Gasteiger partial charge >= 0.3 is 0 Å². The van der Waals surface area contributed by atoms with Gasteiger partial charge in [-0.25, -0.2) is 4.98 Å². The van der Waals surface area contributed by atoms with Crippen LogP contribution in [-0.2, 0) is 12.8 Å². The minimum absolute atomic E-state index is 0.0989. The zero-order valence-electron chi connectivity index (χ0n) is 11.4. The molecule has 102 valence electrons. The van der Waals surface area contributed by atoms with Crippen LogP contribution in [0.5, 0.6) is 0 Å². The molecule has 4 heteroatoms. The van der Waals surface area contributed by atoms with Crippen molar-refractivity contribution in [2.45, 2.75) is 36.1 Å². The fourth-order valence-electron chi connectivity index (χ4n) is 2.44. The molecular formula is C16H17N3S. The molecule has 0 amide bonds. The number of amidine groups is 1. The smallest absolute Gasteiger partial charge is 0.125 e. The van der Waals surface area contributed by atoms with E-state index in [1.165, 1.54) is 16.8 Å². The molecule has 0 bridgehead atoms. The van der Waals surface area contributed by atoms with Gasteiger partial charge in [-0.05, 0) is 49.9 Å². The molecule has 1 aromatic heterocycles. The average Bonchev–Trinajstić information content (AvgIpc) is 2.87. The van der Waals surface area contributed by atoms with Crippen molar-refractivity contribution in [2.24, 2.45) is 5.73 Å². The summed E-state index contributed by atoms with van der Waals surface area (Å²) in [4.78, 5) is 5.86. The third-order valence-electron chi connectivity index (χ3n) is 3.54. The lowest BCUT2D eigenvalue weighted by molar-refractivity contribution is 0.891. The van der Waals surface area contributed by atoms with E-state index in [1.54, 1.807) is 11.8 Å². The van der Waals surface area contributed by atoms with Gasteiger partial charge in [-0.1, -0.05) is 29.5 Å². The molecule has 1 aliphatic carbocycles. The molecule has 3 N–H and O–H groups in total. The molecule has 3 rings (SSSR count). The summed E-state index contributed by atoms with van der Waals surface area (Å²) in [6.07, 6.45) is 3.24. The van der Waals surface area contributed by atoms with E-state index in [2.05, 4.69) is 31.2 Å². The van der Waals surface area contributed by atoms with Crippen molar-refractivity contribution in [1.82, 2.24) is 4.98 Å². The maximum absolute atomic E-state index is 7.76. The van der Waals surface area contributed by atoms with Crippen LogP contribution in [0.2, 0.25) is 0 Å². The lowest BCUT2D eigenvalue weighted by Gasteiger charge is -2.10. The van der Waals surface area contributed by atoms with Crippen LogP contribution in [0.15, 0.2) is 40.3 Å². The number of aryl methyl sites for hydroxylation is 3. The lowest BCUT2D eigenvalue weighted by atomic mass is 10.1. The Balaban J connectivity index is 1.99. The summed E-state index contributed by atoms with van der Waals surface area (Å²) in [6, 6.07) is 10.4. The molecule has 0 unspecified atom stereocenters. The third-order valence-corrected chi connectivity index (χ3v) is 4.55. The first-order valence-electron chi connectivity index (χ1n) is 6.75. The fraction of sp³-hybridized carbons (Fsp3) is 0.250. The van der Waals surface area contributed by atoms with Crippen LogP contribution < -0.4 is 5.73 Å². The van der Waals surface area contributed by atoms with E-state index in [4.69, 9.17) is 16.1 Å². The summed E-state index contributed by atoms with van der Waals surface area (Å²) in [5.41, 5.74) is 10.1. The molecule has 0 saturated heterocycles. The number of hydrogen-bond acceptors (Lipinski definition) is 3. The zero-order chi connectivity index (χ0) is 14.1. The number of nitrogens with one attached hydrogen (secondary N) is 1. The minimum atomic E-state index is 0.0989. The quantitative estimate of drug-likeness (QED) is 0.671. The molecule has 20 heavy (non-hydrogen) atoms. The Morgan fingerprint density at radius 2 is 2.00 bits per heavy atom. The molecule has 1 aliphatic rings. The largest absolute Gasteiger partial charge is 0.384 e. The predicted octanol–water partition coefficient (Wildman–Crippen LogP) is 3.31. The molecule has 0 radical (unpaired) electrons.